The Labute approximate surface area is 154 Å². The number of hydrogen-bond donors (Lipinski definition) is 0. The maximum atomic E-state index is 13.0. The summed E-state index contributed by atoms with van der Waals surface area (Å²) in [6.45, 7) is -0.850. The molecule has 1 amide bonds. The van der Waals surface area contributed by atoms with Crippen LogP contribution in [0.5, 0.6) is 0 Å². The minimum Gasteiger partial charge on any atom is -0.342 e. The number of aromatic nitrogens is 4. The second kappa shape index (κ2) is 6.95. The van der Waals surface area contributed by atoms with Crippen LogP contribution in [0.2, 0.25) is 0 Å². The van der Waals surface area contributed by atoms with E-state index in [1.807, 2.05) is 0 Å². The van der Waals surface area contributed by atoms with Crippen LogP contribution in [-0.4, -0.2) is 57.4 Å². The van der Waals surface area contributed by atoms with Crippen LogP contribution >= 0.6 is 0 Å². The zero-order valence-electron chi connectivity index (χ0n) is 14.4. The summed E-state index contributed by atoms with van der Waals surface area (Å²) < 4.78 is 78.6. The van der Waals surface area contributed by atoms with Crippen LogP contribution in [0.4, 0.5) is 37.8 Å². The molecule has 0 bridgehead atoms. The Morgan fingerprint density at radius 2 is 1.86 bits per heavy atom. The van der Waals surface area contributed by atoms with E-state index in [0.717, 1.165) is 9.80 Å². The normalized spacial score (nSPS) is 17.8. The Bertz CT molecular complexity index is 850. The molecule has 3 heterocycles. The van der Waals surface area contributed by atoms with Crippen LogP contribution in [0.1, 0.15) is 12.8 Å². The molecule has 0 fully saturated rings. The molecule has 0 saturated carbocycles. The molecule has 2 aromatic rings. The maximum absolute atomic E-state index is 13.0. The number of likely N-dealkylation sites (N-methyl/N-ethyl adjacent to an activating group) is 1. The molecule has 1 aliphatic rings. The van der Waals surface area contributed by atoms with E-state index in [1.165, 1.54) is 36.5 Å². The number of fused-ring (bicyclic) bond motifs is 1. The highest BCUT2D eigenvalue weighted by molar-refractivity contribution is 6.04. The van der Waals surface area contributed by atoms with Crippen LogP contribution in [0.3, 0.4) is 0 Å². The molecule has 28 heavy (non-hydrogen) atoms. The number of alkyl halides is 6. The lowest BCUT2D eigenvalue weighted by Gasteiger charge is -2.40. The van der Waals surface area contributed by atoms with E-state index in [-0.39, 0.29) is 17.5 Å². The second-order valence-corrected chi connectivity index (χ2v) is 6.14. The minimum atomic E-state index is -4.75. The third-order valence-corrected chi connectivity index (χ3v) is 4.16. The molecule has 2 aromatic heterocycles. The van der Waals surface area contributed by atoms with E-state index < -0.39 is 43.7 Å². The summed E-state index contributed by atoms with van der Waals surface area (Å²) >= 11 is 0. The lowest BCUT2D eigenvalue weighted by molar-refractivity contribution is -0.148. The van der Waals surface area contributed by atoms with Gasteiger partial charge in [0.15, 0.2) is 5.82 Å². The minimum absolute atomic E-state index is 0.00164. The van der Waals surface area contributed by atoms with E-state index in [0.29, 0.717) is 0 Å². The van der Waals surface area contributed by atoms with Gasteiger partial charge < -0.3 is 9.80 Å². The van der Waals surface area contributed by atoms with Gasteiger partial charge >= 0.3 is 12.4 Å². The molecule has 0 spiro atoms. The fourth-order valence-corrected chi connectivity index (χ4v) is 2.86. The largest absolute Gasteiger partial charge is 0.391 e. The first kappa shape index (κ1) is 19.9. The summed E-state index contributed by atoms with van der Waals surface area (Å²) in [5.41, 5.74) is 0.0227. The van der Waals surface area contributed by atoms with Gasteiger partial charge in [0.1, 0.15) is 18.1 Å². The highest BCUT2D eigenvalue weighted by Gasteiger charge is 2.45. The first-order valence-electron chi connectivity index (χ1n) is 7.99. The monoisotopic (exact) mass is 408 g/mol. The molecular formula is C15H14F6N6O. The number of imidazole rings is 1. The fraction of sp³-hybridized carbons (Fsp3) is 0.467. The molecule has 0 aromatic carbocycles. The second-order valence-electron chi connectivity index (χ2n) is 6.14. The Balaban J connectivity index is 2.07. The summed E-state index contributed by atoms with van der Waals surface area (Å²) in [6.07, 6.45) is -6.99. The lowest BCUT2D eigenvalue weighted by Crippen LogP contribution is -2.55. The Kier molecular flexibility index (Phi) is 4.93. The van der Waals surface area contributed by atoms with E-state index in [2.05, 4.69) is 15.0 Å². The Hall–Kier alpha value is -2.86. The van der Waals surface area contributed by atoms with Crippen molar-refractivity contribution in [1.29, 1.82) is 0 Å². The average Bonchev–Trinajstić information content (AvgIpc) is 3.11. The smallest absolute Gasteiger partial charge is 0.342 e. The Morgan fingerprint density at radius 3 is 2.43 bits per heavy atom. The van der Waals surface area contributed by atoms with Crippen molar-refractivity contribution in [1.82, 2.24) is 19.5 Å². The van der Waals surface area contributed by atoms with Gasteiger partial charge in [-0.2, -0.15) is 31.3 Å². The summed E-state index contributed by atoms with van der Waals surface area (Å²) in [6, 6.07) is -1.86. The molecule has 0 N–H and O–H groups in total. The first-order valence-corrected chi connectivity index (χ1v) is 7.99. The fourth-order valence-electron chi connectivity index (χ4n) is 2.86. The van der Waals surface area contributed by atoms with Crippen molar-refractivity contribution in [2.45, 2.75) is 31.2 Å². The molecule has 0 radical (unpaired) electrons. The molecule has 152 valence electrons. The van der Waals surface area contributed by atoms with E-state index in [9.17, 15) is 31.1 Å². The SMILES string of the molecule is CN1C(=O)[C@H](CC(F)(F)F)N(CCC(F)(F)F)c2nc(-n3ccnc3)ncc21. The molecule has 0 saturated heterocycles. The molecule has 1 atom stereocenters. The topological polar surface area (TPSA) is 67.2 Å². The van der Waals surface area contributed by atoms with Crippen molar-refractivity contribution in [2.75, 3.05) is 23.4 Å². The zero-order valence-corrected chi connectivity index (χ0v) is 14.4. The van der Waals surface area contributed by atoms with Gasteiger partial charge in [0.2, 0.25) is 11.9 Å². The molecule has 13 heteroatoms. The number of halogens is 6. The molecule has 7 nitrogen and oxygen atoms in total. The van der Waals surface area contributed by atoms with Gasteiger partial charge in [-0.15, -0.1) is 0 Å². The van der Waals surface area contributed by atoms with Crippen molar-refractivity contribution in [3.8, 4) is 5.95 Å². The van der Waals surface area contributed by atoms with E-state index >= 15 is 0 Å². The third kappa shape index (κ3) is 4.17. The molecule has 0 aliphatic carbocycles. The molecular weight excluding hydrogens is 394 g/mol. The molecule has 1 aliphatic heterocycles. The van der Waals surface area contributed by atoms with Crippen molar-refractivity contribution in [3.05, 3.63) is 24.9 Å². The highest BCUT2D eigenvalue weighted by atomic mass is 19.4. The van der Waals surface area contributed by atoms with Crippen LogP contribution in [-0.2, 0) is 4.79 Å². The summed E-state index contributed by atoms with van der Waals surface area (Å²) in [7, 11) is 1.23. The van der Waals surface area contributed by atoms with Gasteiger partial charge in [-0.1, -0.05) is 0 Å². The van der Waals surface area contributed by atoms with Gasteiger partial charge in [0.05, 0.1) is 19.0 Å². The molecule has 0 unspecified atom stereocenters. The number of amides is 1. The van der Waals surface area contributed by atoms with Crippen molar-refractivity contribution < 1.29 is 31.1 Å². The van der Waals surface area contributed by atoms with Crippen molar-refractivity contribution >= 4 is 17.4 Å². The average molecular weight is 408 g/mol. The maximum Gasteiger partial charge on any atom is 0.391 e. The third-order valence-electron chi connectivity index (χ3n) is 4.16. The number of rotatable bonds is 4. The predicted molar refractivity (Wildman–Crippen MR) is 85.0 cm³/mol. The Morgan fingerprint density at radius 1 is 1.14 bits per heavy atom. The number of carbonyl (C=O) groups is 1. The first-order chi connectivity index (χ1) is 13.0. The van der Waals surface area contributed by atoms with Gasteiger partial charge in [0.25, 0.3) is 0 Å². The highest BCUT2D eigenvalue weighted by Crippen LogP contribution is 2.38. The zero-order chi connectivity index (χ0) is 20.7. The summed E-state index contributed by atoms with van der Waals surface area (Å²) in [5, 5.41) is 0. The van der Waals surface area contributed by atoms with Gasteiger partial charge in [-0.25, -0.2) is 9.97 Å². The lowest BCUT2D eigenvalue weighted by atomic mass is 10.1. The van der Waals surface area contributed by atoms with Gasteiger partial charge in [0, 0.05) is 26.0 Å². The van der Waals surface area contributed by atoms with Crippen LogP contribution in [0.15, 0.2) is 24.9 Å². The van der Waals surface area contributed by atoms with Crippen molar-refractivity contribution in [3.63, 3.8) is 0 Å². The van der Waals surface area contributed by atoms with Crippen molar-refractivity contribution in [2.24, 2.45) is 0 Å². The number of hydrogen-bond acceptors (Lipinski definition) is 5. The molecule has 3 rings (SSSR count). The van der Waals surface area contributed by atoms with Crippen LogP contribution < -0.4 is 9.80 Å². The van der Waals surface area contributed by atoms with Crippen LogP contribution in [0.25, 0.3) is 5.95 Å². The number of anilines is 2. The standard InChI is InChI=1S/C15H14F6N6O/c1-25-10-7-23-13(26-5-3-22-8-26)24-11(10)27(4-2-14(16,17)18)9(12(25)28)6-15(19,20)21/h3,5,7-9H,2,4,6H2,1H3/t9-/m0/s1. The number of carbonyl (C=O) groups excluding carboxylic acids is 1. The van der Waals surface area contributed by atoms with Crippen LogP contribution in [0, 0.1) is 0 Å². The van der Waals surface area contributed by atoms with E-state index in [4.69, 9.17) is 0 Å². The van der Waals surface area contributed by atoms with Gasteiger partial charge in [-0.3, -0.25) is 9.36 Å². The summed E-state index contributed by atoms with van der Waals surface area (Å²) in [5.74, 6) is -1.16. The summed E-state index contributed by atoms with van der Waals surface area (Å²) in [4.78, 5) is 26.0. The predicted octanol–water partition coefficient (Wildman–Crippen LogP) is 2.72. The quantitative estimate of drug-likeness (QED) is 0.728. The van der Waals surface area contributed by atoms with Gasteiger partial charge in [-0.05, 0) is 0 Å². The number of nitrogens with zero attached hydrogens (tertiary/aromatic N) is 6. The van der Waals surface area contributed by atoms with E-state index in [1.54, 1.807) is 0 Å².